The van der Waals surface area contributed by atoms with Crippen LogP contribution in [0.2, 0.25) is 0 Å². The largest absolute Gasteiger partial charge is 0.457 e. The molecule has 0 amide bonds. The molecule has 7 rings (SSSR count). The summed E-state index contributed by atoms with van der Waals surface area (Å²) in [4.78, 5) is 4.78. The molecule has 47 heavy (non-hydrogen) atoms. The van der Waals surface area contributed by atoms with Crippen molar-refractivity contribution in [3.05, 3.63) is 131 Å². The fourth-order valence-electron chi connectivity index (χ4n) is 6.70. The van der Waals surface area contributed by atoms with Gasteiger partial charge in [0.05, 0.1) is 22.4 Å². The number of benzene rings is 4. The molecule has 0 unspecified atom stereocenters. The maximum absolute atomic E-state index is 6.74. The Morgan fingerprint density at radius 1 is 0.745 bits per heavy atom. The first-order valence-corrected chi connectivity index (χ1v) is 16.7. The lowest BCUT2D eigenvalue weighted by atomic mass is 10.0. The Labute approximate surface area is 277 Å². The van der Waals surface area contributed by atoms with Crippen LogP contribution >= 0.6 is 0 Å². The lowest BCUT2D eigenvalue weighted by Gasteiger charge is -2.14. The highest BCUT2D eigenvalue weighted by Gasteiger charge is 2.18. The molecule has 7 aromatic rings. The number of fused-ring (bicyclic) bond motifs is 3. The summed E-state index contributed by atoms with van der Waals surface area (Å²) in [6, 6.07) is 34.5. The van der Waals surface area contributed by atoms with Crippen molar-refractivity contribution in [1.29, 1.82) is 0 Å². The van der Waals surface area contributed by atoms with E-state index in [4.69, 9.17) is 14.8 Å². The minimum atomic E-state index is 0.606. The molecule has 0 saturated carbocycles. The number of aromatic nitrogens is 4. The van der Waals surface area contributed by atoms with Crippen LogP contribution in [0.15, 0.2) is 103 Å². The minimum absolute atomic E-state index is 0.606. The van der Waals surface area contributed by atoms with Gasteiger partial charge in [0.15, 0.2) is 0 Å². The summed E-state index contributed by atoms with van der Waals surface area (Å²) < 4.78 is 11.1. The van der Waals surface area contributed by atoms with Crippen LogP contribution in [0.25, 0.3) is 44.4 Å². The van der Waals surface area contributed by atoms with Crippen molar-refractivity contribution in [3.8, 4) is 34.1 Å². The van der Waals surface area contributed by atoms with Gasteiger partial charge in [-0.25, -0.2) is 9.67 Å². The van der Waals surface area contributed by atoms with E-state index in [0.29, 0.717) is 5.92 Å². The highest BCUT2D eigenvalue weighted by molar-refractivity contribution is 6.09. The van der Waals surface area contributed by atoms with Crippen molar-refractivity contribution in [1.82, 2.24) is 19.3 Å². The first kappa shape index (κ1) is 30.5. The van der Waals surface area contributed by atoms with E-state index >= 15 is 0 Å². The van der Waals surface area contributed by atoms with Gasteiger partial charge in [-0.15, -0.1) is 0 Å². The molecule has 0 atom stereocenters. The zero-order valence-electron chi connectivity index (χ0n) is 28.2. The molecule has 5 nitrogen and oxygen atoms in total. The smallest absolute Gasteiger partial charge is 0.137 e. The second-order valence-corrected chi connectivity index (χ2v) is 13.1. The minimum Gasteiger partial charge on any atom is -0.457 e. The quantitative estimate of drug-likeness (QED) is 0.162. The topological polar surface area (TPSA) is 44.9 Å². The predicted octanol–water partition coefficient (Wildman–Crippen LogP) is 10.9. The number of hydrogen-bond acceptors (Lipinski definition) is 3. The Morgan fingerprint density at radius 3 is 2.34 bits per heavy atom. The molecule has 3 heterocycles. The van der Waals surface area contributed by atoms with E-state index in [0.717, 1.165) is 64.7 Å². The highest BCUT2D eigenvalue weighted by Crippen LogP contribution is 2.37. The van der Waals surface area contributed by atoms with Gasteiger partial charge < -0.3 is 4.74 Å². The third kappa shape index (κ3) is 5.94. The van der Waals surface area contributed by atoms with Crippen LogP contribution in [-0.4, -0.2) is 19.3 Å². The summed E-state index contributed by atoms with van der Waals surface area (Å²) in [7, 11) is 0. The van der Waals surface area contributed by atoms with Crippen molar-refractivity contribution in [3.63, 3.8) is 0 Å². The number of hydrogen-bond donors (Lipinski definition) is 0. The Kier molecular flexibility index (Phi) is 8.15. The molecular formula is C42H42N4O. The lowest BCUT2D eigenvalue weighted by Crippen LogP contribution is -2.02. The van der Waals surface area contributed by atoms with E-state index in [-0.39, 0.29) is 0 Å². The number of rotatable bonds is 9. The second kappa shape index (κ2) is 12.6. The number of pyridine rings is 1. The molecule has 236 valence electrons. The summed E-state index contributed by atoms with van der Waals surface area (Å²) in [6.45, 7) is 13.1. The second-order valence-electron chi connectivity index (χ2n) is 13.1. The summed E-state index contributed by atoms with van der Waals surface area (Å²) in [6.07, 6.45) is 4.95. The van der Waals surface area contributed by atoms with E-state index in [1.807, 2.05) is 12.3 Å². The van der Waals surface area contributed by atoms with Gasteiger partial charge in [0, 0.05) is 40.4 Å². The summed E-state index contributed by atoms with van der Waals surface area (Å²) >= 11 is 0. The lowest BCUT2D eigenvalue weighted by molar-refractivity contribution is 0.481. The van der Waals surface area contributed by atoms with E-state index < -0.39 is 0 Å². The Bertz CT molecular complexity index is 2220. The fraction of sp³-hybridized carbons (Fsp3) is 0.238. The Morgan fingerprint density at radius 2 is 1.57 bits per heavy atom. The third-order valence-electron chi connectivity index (χ3n) is 9.14. The van der Waals surface area contributed by atoms with E-state index in [2.05, 4.69) is 142 Å². The summed E-state index contributed by atoms with van der Waals surface area (Å²) in [5.41, 5.74) is 11.4. The Hall–Kier alpha value is -5.16. The molecule has 0 aliphatic heterocycles. The van der Waals surface area contributed by atoms with Crippen LogP contribution in [0.1, 0.15) is 55.3 Å². The average Bonchev–Trinajstić information content (AvgIpc) is 3.56. The van der Waals surface area contributed by atoms with Crippen LogP contribution in [0.5, 0.6) is 11.5 Å². The number of aryl methyl sites for hydroxylation is 4. The van der Waals surface area contributed by atoms with Gasteiger partial charge in [-0.3, -0.25) is 4.57 Å². The van der Waals surface area contributed by atoms with Gasteiger partial charge in [-0.1, -0.05) is 57.2 Å². The van der Waals surface area contributed by atoms with Gasteiger partial charge in [-0.2, -0.15) is 5.10 Å². The van der Waals surface area contributed by atoms with Crippen molar-refractivity contribution in [2.75, 3.05) is 0 Å². The zero-order valence-corrected chi connectivity index (χ0v) is 28.2. The van der Waals surface area contributed by atoms with Crippen molar-refractivity contribution in [2.45, 2.75) is 60.8 Å². The molecule has 0 aliphatic rings. The molecule has 5 heteroatoms. The molecular weight excluding hydrogens is 576 g/mol. The highest BCUT2D eigenvalue weighted by atomic mass is 16.5. The number of nitrogens with zero attached hydrogens (tertiary/aromatic N) is 4. The number of ether oxygens (including phenoxy) is 1. The van der Waals surface area contributed by atoms with Crippen LogP contribution in [0, 0.1) is 26.7 Å². The molecule has 0 spiro atoms. The van der Waals surface area contributed by atoms with Crippen LogP contribution in [0.3, 0.4) is 0 Å². The van der Waals surface area contributed by atoms with Gasteiger partial charge in [0.25, 0.3) is 0 Å². The molecule has 4 aromatic carbocycles. The van der Waals surface area contributed by atoms with Gasteiger partial charge >= 0.3 is 0 Å². The average molecular weight is 619 g/mol. The summed E-state index contributed by atoms with van der Waals surface area (Å²) in [5.74, 6) is 3.10. The molecule has 0 N–H and O–H groups in total. The van der Waals surface area contributed by atoms with E-state index in [1.165, 1.54) is 38.6 Å². The van der Waals surface area contributed by atoms with Gasteiger partial charge in [0.2, 0.25) is 0 Å². The standard InChI is InChI=1S/C42H42N4O/c1-7-31-15-18-39-38(24-31)37-17-16-35(26-40(37)45(39)41-21-28(4)19-20-43-41)47-36-23-32(14-13-27(2)3)22-34(25-36)46-30(6)42(29(5)44-46)33-11-9-8-10-12-33/h8-12,15-27H,7,13-14H2,1-6H3. The maximum Gasteiger partial charge on any atom is 0.137 e. The first-order chi connectivity index (χ1) is 22.8. The van der Waals surface area contributed by atoms with Crippen molar-refractivity contribution in [2.24, 2.45) is 5.92 Å². The van der Waals surface area contributed by atoms with Crippen LogP contribution in [-0.2, 0) is 12.8 Å². The third-order valence-corrected chi connectivity index (χ3v) is 9.14. The molecule has 0 radical (unpaired) electrons. The SMILES string of the molecule is CCc1ccc2c(c1)c1ccc(Oc3cc(CCC(C)C)cc(-n4nc(C)c(-c5ccccc5)c4C)c3)cc1n2-c1cc(C)ccn1. The van der Waals surface area contributed by atoms with Crippen molar-refractivity contribution >= 4 is 21.8 Å². The van der Waals surface area contributed by atoms with E-state index in [1.54, 1.807) is 0 Å². The van der Waals surface area contributed by atoms with E-state index in [9.17, 15) is 0 Å². The molecule has 0 saturated heterocycles. The maximum atomic E-state index is 6.74. The molecule has 3 aromatic heterocycles. The monoisotopic (exact) mass is 618 g/mol. The zero-order chi connectivity index (χ0) is 32.7. The first-order valence-electron chi connectivity index (χ1n) is 16.7. The molecule has 0 bridgehead atoms. The Balaban J connectivity index is 1.34. The van der Waals surface area contributed by atoms with Crippen LogP contribution in [0.4, 0.5) is 0 Å². The van der Waals surface area contributed by atoms with Gasteiger partial charge in [0.1, 0.15) is 17.3 Å². The molecule has 0 aliphatic carbocycles. The van der Waals surface area contributed by atoms with Crippen molar-refractivity contribution < 1.29 is 4.74 Å². The van der Waals surface area contributed by atoms with Gasteiger partial charge in [-0.05, 0) is 117 Å². The van der Waals surface area contributed by atoms with Crippen LogP contribution < -0.4 is 4.74 Å². The normalized spacial score (nSPS) is 11.6. The predicted molar refractivity (Wildman–Crippen MR) is 194 cm³/mol. The fourth-order valence-corrected chi connectivity index (χ4v) is 6.70. The summed E-state index contributed by atoms with van der Waals surface area (Å²) in [5, 5.41) is 7.44. The molecule has 0 fully saturated rings.